The molecule has 0 amide bonds. The average molecular weight is 303 g/mol. The average Bonchev–Trinajstić information content (AvgIpc) is 2.59. The van der Waals surface area contributed by atoms with Crippen LogP contribution in [0.25, 0.3) is 10.8 Å². The predicted molar refractivity (Wildman–Crippen MR) is 99.9 cm³/mol. The van der Waals surface area contributed by atoms with Crippen molar-refractivity contribution in [2.24, 2.45) is 0 Å². The van der Waals surface area contributed by atoms with E-state index in [0.29, 0.717) is 6.04 Å². The molecule has 1 atom stereocenters. The summed E-state index contributed by atoms with van der Waals surface area (Å²) in [5, 5.41) is 6.35. The van der Waals surface area contributed by atoms with E-state index in [0.717, 1.165) is 19.4 Å². The minimum absolute atomic E-state index is 0.374. The van der Waals surface area contributed by atoms with Crippen LogP contribution in [0.4, 0.5) is 0 Å². The van der Waals surface area contributed by atoms with Gasteiger partial charge in [-0.25, -0.2) is 0 Å². The third-order valence-corrected chi connectivity index (χ3v) is 4.50. The highest BCUT2D eigenvalue weighted by Crippen LogP contribution is 2.23. The standard InChI is InChI=1S/C22H25N/c1-17-12-14-19(15-13-17)7-6-16-23-18(2)21-11-5-9-20-8-3-4-10-22(20)21/h3-5,8-15,18,23H,6-7,16H2,1-2H3/t18-/m1/s1. The Labute approximate surface area is 139 Å². The number of rotatable bonds is 6. The summed E-state index contributed by atoms with van der Waals surface area (Å²) in [5.74, 6) is 0. The largest absolute Gasteiger partial charge is 0.310 e. The number of nitrogens with one attached hydrogen (secondary N) is 1. The third-order valence-electron chi connectivity index (χ3n) is 4.50. The molecule has 3 aromatic rings. The Morgan fingerprint density at radius 3 is 2.43 bits per heavy atom. The molecule has 23 heavy (non-hydrogen) atoms. The second kappa shape index (κ2) is 7.43. The lowest BCUT2D eigenvalue weighted by Gasteiger charge is -2.16. The monoisotopic (exact) mass is 303 g/mol. The molecule has 0 heterocycles. The van der Waals surface area contributed by atoms with Crippen molar-refractivity contribution in [1.82, 2.24) is 5.32 Å². The number of benzene rings is 3. The fraction of sp³-hybridized carbons (Fsp3) is 0.273. The van der Waals surface area contributed by atoms with E-state index in [1.807, 2.05) is 0 Å². The topological polar surface area (TPSA) is 12.0 Å². The Morgan fingerprint density at radius 2 is 1.61 bits per heavy atom. The van der Waals surface area contributed by atoms with Crippen LogP contribution in [-0.4, -0.2) is 6.54 Å². The predicted octanol–water partition coefficient (Wildman–Crippen LogP) is 5.43. The summed E-state index contributed by atoms with van der Waals surface area (Å²) in [6, 6.07) is 24.4. The van der Waals surface area contributed by atoms with Crippen LogP contribution < -0.4 is 5.32 Å². The van der Waals surface area contributed by atoms with Crippen LogP contribution in [0, 0.1) is 6.92 Å². The van der Waals surface area contributed by atoms with Gasteiger partial charge in [0.05, 0.1) is 0 Å². The molecular formula is C22H25N. The van der Waals surface area contributed by atoms with Gasteiger partial charge in [-0.2, -0.15) is 0 Å². The molecule has 0 aromatic heterocycles. The third kappa shape index (κ3) is 4.00. The van der Waals surface area contributed by atoms with Gasteiger partial charge in [0.15, 0.2) is 0 Å². The molecule has 0 unspecified atom stereocenters. The van der Waals surface area contributed by atoms with Crippen LogP contribution >= 0.6 is 0 Å². The number of hydrogen-bond acceptors (Lipinski definition) is 1. The Hall–Kier alpha value is -2.12. The zero-order valence-electron chi connectivity index (χ0n) is 14.0. The molecule has 0 aliphatic heterocycles. The van der Waals surface area contributed by atoms with Crippen molar-refractivity contribution < 1.29 is 0 Å². The zero-order valence-corrected chi connectivity index (χ0v) is 14.0. The molecule has 1 heteroatoms. The van der Waals surface area contributed by atoms with Crippen molar-refractivity contribution in [3.05, 3.63) is 83.4 Å². The summed E-state index contributed by atoms with van der Waals surface area (Å²) < 4.78 is 0. The Kier molecular flexibility index (Phi) is 5.09. The van der Waals surface area contributed by atoms with E-state index in [4.69, 9.17) is 0 Å². The molecule has 0 aliphatic carbocycles. The first kappa shape index (κ1) is 15.8. The number of aryl methyl sites for hydroxylation is 2. The van der Waals surface area contributed by atoms with E-state index < -0.39 is 0 Å². The van der Waals surface area contributed by atoms with Gasteiger partial charge in [-0.3, -0.25) is 0 Å². The molecule has 0 saturated heterocycles. The van der Waals surface area contributed by atoms with Gasteiger partial charge in [0.1, 0.15) is 0 Å². The van der Waals surface area contributed by atoms with Gasteiger partial charge < -0.3 is 5.32 Å². The molecule has 0 saturated carbocycles. The summed E-state index contributed by atoms with van der Waals surface area (Å²) >= 11 is 0. The lowest BCUT2D eigenvalue weighted by Crippen LogP contribution is -2.20. The van der Waals surface area contributed by atoms with Gasteiger partial charge in [0.2, 0.25) is 0 Å². The molecule has 0 bridgehead atoms. The van der Waals surface area contributed by atoms with Gasteiger partial charge >= 0.3 is 0 Å². The first-order valence-electron chi connectivity index (χ1n) is 8.50. The van der Waals surface area contributed by atoms with Crippen LogP contribution in [0.2, 0.25) is 0 Å². The fourth-order valence-electron chi connectivity index (χ4n) is 3.10. The zero-order chi connectivity index (χ0) is 16.1. The van der Waals surface area contributed by atoms with E-state index in [-0.39, 0.29) is 0 Å². The van der Waals surface area contributed by atoms with Crippen LogP contribution in [-0.2, 0) is 6.42 Å². The number of hydrogen-bond donors (Lipinski definition) is 1. The SMILES string of the molecule is Cc1ccc(CCCN[C@H](C)c2cccc3ccccc23)cc1. The van der Waals surface area contributed by atoms with Crippen LogP contribution in [0.1, 0.15) is 36.1 Å². The molecule has 3 rings (SSSR count). The molecule has 0 aliphatic rings. The minimum atomic E-state index is 0.374. The smallest absolute Gasteiger partial charge is 0.0297 e. The maximum absolute atomic E-state index is 3.67. The lowest BCUT2D eigenvalue weighted by molar-refractivity contribution is 0.561. The highest BCUT2D eigenvalue weighted by Gasteiger charge is 2.08. The molecule has 118 valence electrons. The van der Waals surface area contributed by atoms with Crippen molar-refractivity contribution in [3.8, 4) is 0 Å². The highest BCUT2D eigenvalue weighted by molar-refractivity contribution is 5.86. The van der Waals surface area contributed by atoms with Crippen molar-refractivity contribution in [2.45, 2.75) is 32.7 Å². The van der Waals surface area contributed by atoms with Gasteiger partial charge in [-0.15, -0.1) is 0 Å². The molecular weight excluding hydrogens is 278 g/mol. The minimum Gasteiger partial charge on any atom is -0.310 e. The summed E-state index contributed by atoms with van der Waals surface area (Å²) in [7, 11) is 0. The van der Waals surface area contributed by atoms with Crippen molar-refractivity contribution >= 4 is 10.8 Å². The number of fused-ring (bicyclic) bond motifs is 1. The van der Waals surface area contributed by atoms with Crippen LogP contribution in [0.3, 0.4) is 0 Å². The molecule has 0 spiro atoms. The van der Waals surface area contributed by atoms with Gasteiger partial charge in [-0.1, -0.05) is 72.3 Å². The summed E-state index contributed by atoms with van der Waals surface area (Å²) in [4.78, 5) is 0. The lowest BCUT2D eigenvalue weighted by atomic mass is 9.99. The second-order valence-electron chi connectivity index (χ2n) is 6.33. The second-order valence-corrected chi connectivity index (χ2v) is 6.33. The highest BCUT2D eigenvalue weighted by atomic mass is 14.9. The Balaban J connectivity index is 1.56. The van der Waals surface area contributed by atoms with E-state index in [1.165, 1.54) is 27.5 Å². The summed E-state index contributed by atoms with van der Waals surface area (Å²) in [6.07, 6.45) is 2.30. The van der Waals surface area contributed by atoms with Crippen molar-refractivity contribution in [3.63, 3.8) is 0 Å². The Morgan fingerprint density at radius 1 is 0.870 bits per heavy atom. The maximum Gasteiger partial charge on any atom is 0.0297 e. The summed E-state index contributed by atoms with van der Waals surface area (Å²) in [6.45, 7) is 5.43. The molecule has 1 nitrogen and oxygen atoms in total. The fourth-order valence-corrected chi connectivity index (χ4v) is 3.10. The normalized spacial score (nSPS) is 12.4. The van der Waals surface area contributed by atoms with Crippen LogP contribution in [0.5, 0.6) is 0 Å². The van der Waals surface area contributed by atoms with E-state index in [9.17, 15) is 0 Å². The van der Waals surface area contributed by atoms with Gasteiger partial charge in [-0.05, 0) is 55.1 Å². The first-order chi connectivity index (χ1) is 11.2. The van der Waals surface area contributed by atoms with E-state index in [2.05, 4.69) is 85.9 Å². The van der Waals surface area contributed by atoms with Crippen molar-refractivity contribution in [2.75, 3.05) is 6.54 Å². The molecule has 3 aromatic carbocycles. The molecule has 1 N–H and O–H groups in total. The van der Waals surface area contributed by atoms with Gasteiger partial charge in [0, 0.05) is 6.04 Å². The Bertz CT molecular complexity index is 753. The van der Waals surface area contributed by atoms with Crippen LogP contribution in [0.15, 0.2) is 66.7 Å². The summed E-state index contributed by atoms with van der Waals surface area (Å²) in [5.41, 5.74) is 4.14. The quantitative estimate of drug-likeness (QED) is 0.599. The van der Waals surface area contributed by atoms with E-state index in [1.54, 1.807) is 0 Å². The first-order valence-corrected chi connectivity index (χ1v) is 8.50. The molecule has 0 fully saturated rings. The van der Waals surface area contributed by atoms with E-state index >= 15 is 0 Å². The maximum atomic E-state index is 3.67. The van der Waals surface area contributed by atoms with Crippen molar-refractivity contribution in [1.29, 1.82) is 0 Å². The molecule has 0 radical (unpaired) electrons. The van der Waals surface area contributed by atoms with Gasteiger partial charge in [0.25, 0.3) is 0 Å².